The van der Waals surface area contributed by atoms with E-state index in [2.05, 4.69) is 25.8 Å². The van der Waals surface area contributed by atoms with Crippen LogP contribution in [0.1, 0.15) is 29.4 Å². The number of methoxy groups -OCH3 is 1. The second kappa shape index (κ2) is 9.87. The third-order valence-electron chi connectivity index (χ3n) is 3.46. The van der Waals surface area contributed by atoms with Crippen LogP contribution in [0, 0.1) is 0 Å². The van der Waals surface area contributed by atoms with Gasteiger partial charge in [0.1, 0.15) is 11.4 Å². The van der Waals surface area contributed by atoms with E-state index in [4.69, 9.17) is 4.74 Å². The van der Waals surface area contributed by atoms with E-state index in [9.17, 15) is 9.59 Å². The number of nitrogens with one attached hydrogen (secondary N) is 2. The Morgan fingerprint density at radius 3 is 2.62 bits per heavy atom. The number of nitrogens with zero attached hydrogens (tertiary/aromatic N) is 3. The molecule has 1 heterocycles. The number of hydrogen-bond acceptors (Lipinski definition) is 6. The molecule has 0 saturated carbocycles. The minimum atomic E-state index is -0.475. The van der Waals surface area contributed by atoms with Gasteiger partial charge in [-0.2, -0.15) is 5.10 Å². The van der Waals surface area contributed by atoms with Crippen LogP contribution in [0.3, 0.4) is 0 Å². The molecule has 0 atom stereocenters. The van der Waals surface area contributed by atoms with Gasteiger partial charge >= 0.3 is 0 Å². The number of hydrazone groups is 1. The fourth-order valence-corrected chi connectivity index (χ4v) is 2.09. The largest absolute Gasteiger partial charge is 0.497 e. The highest BCUT2D eigenvalue weighted by Gasteiger charge is 2.07. The van der Waals surface area contributed by atoms with Crippen LogP contribution in [0.4, 0.5) is 0 Å². The Morgan fingerprint density at radius 2 is 1.96 bits per heavy atom. The van der Waals surface area contributed by atoms with Crippen LogP contribution in [0.5, 0.6) is 5.75 Å². The van der Waals surface area contributed by atoms with Crippen molar-refractivity contribution in [2.75, 3.05) is 13.7 Å². The van der Waals surface area contributed by atoms with Crippen molar-refractivity contribution < 1.29 is 14.3 Å². The highest BCUT2D eigenvalue weighted by Crippen LogP contribution is 2.11. The molecule has 2 rings (SSSR count). The molecule has 2 N–H and O–H groups in total. The summed E-state index contributed by atoms with van der Waals surface area (Å²) < 4.78 is 5.10. The molecule has 136 valence electrons. The molecule has 0 saturated heterocycles. The van der Waals surface area contributed by atoms with Crippen molar-refractivity contribution in [2.45, 2.75) is 19.8 Å². The second-order valence-electron chi connectivity index (χ2n) is 5.50. The van der Waals surface area contributed by atoms with Gasteiger partial charge < -0.3 is 10.1 Å². The third-order valence-corrected chi connectivity index (χ3v) is 3.46. The Bertz CT molecular complexity index is 760. The summed E-state index contributed by atoms with van der Waals surface area (Å²) in [4.78, 5) is 31.4. The number of rotatable bonds is 8. The molecule has 0 spiro atoms. The Hall–Kier alpha value is -3.29. The van der Waals surface area contributed by atoms with Gasteiger partial charge in [-0.05, 0) is 31.0 Å². The van der Waals surface area contributed by atoms with Crippen molar-refractivity contribution in [3.05, 3.63) is 54.1 Å². The van der Waals surface area contributed by atoms with Crippen molar-refractivity contribution in [1.82, 2.24) is 20.7 Å². The molecule has 8 heteroatoms. The number of ether oxygens (including phenoxy) is 1. The number of hydrogen-bond donors (Lipinski definition) is 2. The monoisotopic (exact) mass is 355 g/mol. The van der Waals surface area contributed by atoms with Gasteiger partial charge in [0.2, 0.25) is 5.91 Å². The van der Waals surface area contributed by atoms with Gasteiger partial charge in [-0.3, -0.25) is 14.6 Å². The first-order valence-corrected chi connectivity index (χ1v) is 8.07. The van der Waals surface area contributed by atoms with Gasteiger partial charge in [0, 0.05) is 24.7 Å². The maximum Gasteiger partial charge on any atom is 0.291 e. The van der Waals surface area contributed by atoms with Crippen molar-refractivity contribution in [1.29, 1.82) is 0 Å². The summed E-state index contributed by atoms with van der Waals surface area (Å²) >= 11 is 0. The summed E-state index contributed by atoms with van der Waals surface area (Å²) in [5.74, 6) is 0.166. The Labute approximate surface area is 151 Å². The van der Waals surface area contributed by atoms with Crippen LogP contribution in [-0.2, 0) is 11.2 Å². The zero-order valence-corrected chi connectivity index (χ0v) is 14.7. The summed E-state index contributed by atoms with van der Waals surface area (Å²) in [6.07, 6.45) is 5.05. The first-order valence-electron chi connectivity index (χ1n) is 8.07. The minimum absolute atomic E-state index is 0.101. The topological polar surface area (TPSA) is 106 Å². The van der Waals surface area contributed by atoms with E-state index < -0.39 is 5.91 Å². The smallest absolute Gasteiger partial charge is 0.291 e. The normalized spacial score (nSPS) is 10.9. The molecular weight excluding hydrogens is 334 g/mol. The molecule has 8 nitrogen and oxygen atoms in total. The first kappa shape index (κ1) is 19.0. The summed E-state index contributed by atoms with van der Waals surface area (Å²) in [7, 11) is 1.62. The molecule has 0 aliphatic heterocycles. The van der Waals surface area contributed by atoms with E-state index in [1.54, 1.807) is 14.0 Å². The predicted octanol–water partition coefficient (Wildman–Crippen LogP) is 1.34. The zero-order valence-electron chi connectivity index (χ0n) is 14.7. The standard InChI is InChI=1S/C18H21N5O3/c1-13(22-23-18(25)16-12-19-9-10-20-16)11-17(24)21-8-7-14-3-5-15(26-2)6-4-14/h3-6,9-10,12H,7-8,11H2,1-2H3,(H,21,24)(H,23,25)/b22-13-. The predicted molar refractivity (Wildman–Crippen MR) is 96.9 cm³/mol. The molecule has 0 aliphatic rings. The first-order chi connectivity index (χ1) is 12.6. The van der Waals surface area contributed by atoms with Gasteiger partial charge in [0.15, 0.2) is 0 Å². The average Bonchev–Trinajstić information content (AvgIpc) is 2.67. The lowest BCUT2D eigenvalue weighted by Crippen LogP contribution is -2.28. The maximum absolute atomic E-state index is 11.9. The lowest BCUT2D eigenvalue weighted by Gasteiger charge is -2.06. The number of carbonyl (C=O) groups excluding carboxylic acids is 2. The lowest BCUT2D eigenvalue weighted by molar-refractivity contribution is -0.119. The van der Waals surface area contributed by atoms with Crippen LogP contribution in [-0.4, -0.2) is 41.1 Å². The molecule has 0 fully saturated rings. The average molecular weight is 355 g/mol. The van der Waals surface area contributed by atoms with Crippen molar-refractivity contribution in [3.63, 3.8) is 0 Å². The van der Waals surface area contributed by atoms with Gasteiger partial charge in [-0.15, -0.1) is 0 Å². The van der Waals surface area contributed by atoms with Crippen LogP contribution >= 0.6 is 0 Å². The molecule has 0 aliphatic carbocycles. The van der Waals surface area contributed by atoms with E-state index in [1.165, 1.54) is 18.6 Å². The number of amides is 2. The van der Waals surface area contributed by atoms with Gasteiger partial charge in [0.05, 0.1) is 19.7 Å². The fourth-order valence-electron chi connectivity index (χ4n) is 2.09. The molecular formula is C18H21N5O3. The molecule has 2 amide bonds. The van der Waals surface area contributed by atoms with Gasteiger partial charge in [-0.25, -0.2) is 10.4 Å². The molecule has 26 heavy (non-hydrogen) atoms. The quantitative estimate of drug-likeness (QED) is 0.549. The van der Waals surface area contributed by atoms with Crippen LogP contribution in [0.2, 0.25) is 0 Å². The second-order valence-corrected chi connectivity index (χ2v) is 5.50. The zero-order chi connectivity index (χ0) is 18.8. The maximum atomic E-state index is 11.9. The molecule has 0 radical (unpaired) electrons. The fraction of sp³-hybridized carbons (Fsp3) is 0.278. The summed E-state index contributed by atoms with van der Waals surface area (Å²) in [5, 5.41) is 6.72. The summed E-state index contributed by atoms with van der Waals surface area (Å²) in [5.41, 5.74) is 4.11. The third kappa shape index (κ3) is 6.31. The number of aromatic nitrogens is 2. The van der Waals surface area contributed by atoms with Gasteiger partial charge in [-0.1, -0.05) is 12.1 Å². The van der Waals surface area contributed by atoms with Crippen molar-refractivity contribution in [2.24, 2.45) is 5.10 Å². The highest BCUT2D eigenvalue weighted by molar-refractivity contribution is 6.00. The Kier molecular flexibility index (Phi) is 7.23. The van der Waals surface area contributed by atoms with E-state index in [1.807, 2.05) is 24.3 Å². The Morgan fingerprint density at radius 1 is 1.19 bits per heavy atom. The molecule has 1 aromatic heterocycles. The van der Waals surface area contributed by atoms with E-state index in [0.717, 1.165) is 17.7 Å². The van der Waals surface area contributed by atoms with Crippen molar-refractivity contribution >= 4 is 17.5 Å². The van der Waals surface area contributed by atoms with Crippen LogP contribution in [0.25, 0.3) is 0 Å². The molecule has 0 bridgehead atoms. The van der Waals surface area contributed by atoms with Crippen LogP contribution in [0.15, 0.2) is 48.0 Å². The van der Waals surface area contributed by atoms with Crippen LogP contribution < -0.4 is 15.5 Å². The Balaban J connectivity index is 1.71. The summed E-state index contributed by atoms with van der Waals surface area (Å²) in [6.45, 7) is 2.18. The number of carbonyl (C=O) groups is 2. The van der Waals surface area contributed by atoms with E-state index in [0.29, 0.717) is 12.3 Å². The molecule has 1 aromatic carbocycles. The van der Waals surface area contributed by atoms with Gasteiger partial charge in [0.25, 0.3) is 5.91 Å². The lowest BCUT2D eigenvalue weighted by atomic mass is 10.1. The van der Waals surface area contributed by atoms with E-state index >= 15 is 0 Å². The highest BCUT2D eigenvalue weighted by atomic mass is 16.5. The minimum Gasteiger partial charge on any atom is -0.497 e. The molecule has 0 unspecified atom stereocenters. The molecule has 2 aromatic rings. The SMILES string of the molecule is COc1ccc(CCNC(=O)C/C(C)=N\NC(=O)c2cnccn2)cc1. The van der Waals surface area contributed by atoms with Crippen molar-refractivity contribution in [3.8, 4) is 5.75 Å². The number of benzene rings is 1. The summed E-state index contributed by atoms with van der Waals surface area (Å²) in [6, 6.07) is 7.68. The van der Waals surface area contributed by atoms with E-state index in [-0.39, 0.29) is 18.0 Å².